The van der Waals surface area contributed by atoms with Gasteiger partial charge in [-0.25, -0.2) is 0 Å². The largest absolute Gasteiger partial charge is 0.376 e. The van der Waals surface area contributed by atoms with Gasteiger partial charge in [-0.15, -0.1) is 0 Å². The Kier molecular flexibility index (Phi) is 4.17. The summed E-state index contributed by atoms with van der Waals surface area (Å²) in [6.45, 7) is 3.38. The summed E-state index contributed by atoms with van der Waals surface area (Å²) in [6, 6.07) is 0. The fourth-order valence-corrected chi connectivity index (χ4v) is 1.88. The first-order valence-corrected chi connectivity index (χ1v) is 6.65. The second kappa shape index (κ2) is 5.64. The molecule has 1 N–H and O–H groups in total. The maximum Gasteiger partial charge on any atom is 0.237 e. The average molecular weight is 302 g/mol. The Morgan fingerprint density at radius 1 is 1.82 bits per heavy atom. The summed E-state index contributed by atoms with van der Waals surface area (Å²) in [4.78, 5) is 11.2. The maximum atomic E-state index is 11.4. The number of aromatic nitrogens is 2. The molecule has 0 aliphatic carbocycles. The number of halogens is 1. The lowest BCUT2D eigenvalue weighted by molar-refractivity contribution is -0.115. The van der Waals surface area contributed by atoms with Gasteiger partial charge in [-0.2, -0.15) is 5.10 Å². The van der Waals surface area contributed by atoms with Crippen molar-refractivity contribution in [2.75, 3.05) is 11.9 Å². The molecule has 2 heterocycles. The lowest BCUT2D eigenvalue weighted by Crippen LogP contribution is -2.19. The number of amides is 1. The Bertz CT molecular complexity index is 386. The third kappa shape index (κ3) is 3.54. The smallest absolute Gasteiger partial charge is 0.237 e. The van der Waals surface area contributed by atoms with Crippen LogP contribution in [0.3, 0.4) is 0 Å². The number of alkyl halides is 1. The summed E-state index contributed by atoms with van der Waals surface area (Å²) < 4.78 is 7.34. The fraction of sp³-hybridized carbons (Fsp3) is 0.636. The summed E-state index contributed by atoms with van der Waals surface area (Å²) in [6.07, 6.45) is 5.95. The molecule has 0 bridgehead atoms. The van der Waals surface area contributed by atoms with Gasteiger partial charge in [0.1, 0.15) is 0 Å². The van der Waals surface area contributed by atoms with E-state index in [0.717, 1.165) is 31.7 Å². The minimum Gasteiger partial charge on any atom is -0.376 e. The van der Waals surface area contributed by atoms with Crippen molar-refractivity contribution < 1.29 is 9.53 Å². The van der Waals surface area contributed by atoms with Gasteiger partial charge in [-0.05, 0) is 19.8 Å². The van der Waals surface area contributed by atoms with Crippen molar-refractivity contribution in [1.29, 1.82) is 0 Å². The van der Waals surface area contributed by atoms with E-state index < -0.39 is 0 Å². The predicted molar refractivity (Wildman–Crippen MR) is 68.2 cm³/mol. The molecule has 1 amide bonds. The Labute approximate surface area is 109 Å². The third-order valence-corrected chi connectivity index (χ3v) is 3.09. The van der Waals surface area contributed by atoms with Crippen LogP contribution in [0.5, 0.6) is 0 Å². The van der Waals surface area contributed by atoms with Crippen molar-refractivity contribution in [2.45, 2.75) is 37.2 Å². The molecule has 0 saturated carbocycles. The molecule has 1 fully saturated rings. The molecule has 1 saturated heterocycles. The van der Waals surface area contributed by atoms with Gasteiger partial charge in [0.2, 0.25) is 5.91 Å². The molecule has 5 nitrogen and oxygen atoms in total. The molecular formula is C11H16BrN3O2. The molecule has 1 aromatic heterocycles. The van der Waals surface area contributed by atoms with Crippen molar-refractivity contribution in [3.63, 3.8) is 0 Å². The van der Waals surface area contributed by atoms with Gasteiger partial charge in [0.15, 0.2) is 0 Å². The summed E-state index contributed by atoms with van der Waals surface area (Å²) in [5.41, 5.74) is 0.722. The highest BCUT2D eigenvalue weighted by Gasteiger charge is 2.16. The third-order valence-electron chi connectivity index (χ3n) is 2.68. The van der Waals surface area contributed by atoms with Crippen molar-refractivity contribution in [1.82, 2.24) is 9.78 Å². The van der Waals surface area contributed by atoms with Crippen LogP contribution in [0.2, 0.25) is 0 Å². The van der Waals surface area contributed by atoms with Crippen LogP contribution in [-0.2, 0) is 16.1 Å². The van der Waals surface area contributed by atoms with Gasteiger partial charge in [0.05, 0.1) is 29.4 Å². The average Bonchev–Trinajstić information content (AvgIpc) is 2.91. The van der Waals surface area contributed by atoms with Crippen LogP contribution in [-0.4, -0.2) is 33.2 Å². The number of nitrogens with zero attached hydrogens (tertiary/aromatic N) is 2. The lowest BCUT2D eigenvalue weighted by atomic mass is 10.2. The standard InChI is InChI=1S/C11H16BrN3O2/c1-8(12)11(16)14-9-5-13-15(6-9)7-10-3-2-4-17-10/h5-6,8,10H,2-4,7H2,1H3,(H,14,16). The Balaban J connectivity index is 1.89. The Morgan fingerprint density at radius 2 is 2.65 bits per heavy atom. The van der Waals surface area contributed by atoms with Gasteiger partial charge < -0.3 is 10.1 Å². The van der Waals surface area contributed by atoms with Gasteiger partial charge in [0, 0.05) is 12.8 Å². The number of hydrogen-bond donors (Lipinski definition) is 1. The molecule has 6 heteroatoms. The van der Waals surface area contributed by atoms with E-state index in [4.69, 9.17) is 4.74 Å². The van der Waals surface area contributed by atoms with Gasteiger partial charge in [-0.1, -0.05) is 15.9 Å². The van der Waals surface area contributed by atoms with Crippen LogP contribution in [0.1, 0.15) is 19.8 Å². The van der Waals surface area contributed by atoms with E-state index in [1.165, 1.54) is 0 Å². The SMILES string of the molecule is CC(Br)C(=O)Nc1cnn(CC2CCCO2)c1. The number of carbonyl (C=O) groups is 1. The molecule has 0 spiro atoms. The number of anilines is 1. The molecule has 1 aromatic rings. The first-order valence-electron chi connectivity index (χ1n) is 5.74. The van der Waals surface area contributed by atoms with Crippen LogP contribution in [0, 0.1) is 0 Å². The maximum absolute atomic E-state index is 11.4. The first kappa shape index (κ1) is 12.6. The number of rotatable bonds is 4. The van der Waals surface area contributed by atoms with E-state index in [9.17, 15) is 4.79 Å². The van der Waals surface area contributed by atoms with Crippen LogP contribution >= 0.6 is 15.9 Å². The van der Waals surface area contributed by atoms with E-state index in [1.807, 2.05) is 10.9 Å². The molecule has 1 aliphatic heterocycles. The highest BCUT2D eigenvalue weighted by molar-refractivity contribution is 9.10. The van der Waals surface area contributed by atoms with Gasteiger partial charge >= 0.3 is 0 Å². The normalized spacial score (nSPS) is 21.4. The molecule has 2 rings (SSSR count). The van der Waals surface area contributed by atoms with Crippen molar-refractivity contribution in [2.24, 2.45) is 0 Å². The molecule has 94 valence electrons. The van der Waals surface area contributed by atoms with Crippen LogP contribution < -0.4 is 5.32 Å². The molecule has 2 atom stereocenters. The topological polar surface area (TPSA) is 56.2 Å². The van der Waals surface area contributed by atoms with Gasteiger partial charge in [-0.3, -0.25) is 9.48 Å². The summed E-state index contributed by atoms with van der Waals surface area (Å²) in [5.74, 6) is -0.0679. The van der Waals surface area contributed by atoms with E-state index >= 15 is 0 Å². The van der Waals surface area contributed by atoms with Crippen LogP contribution in [0.15, 0.2) is 12.4 Å². The number of ether oxygens (including phenoxy) is 1. The zero-order valence-electron chi connectivity index (χ0n) is 9.73. The molecule has 0 radical (unpaired) electrons. The summed E-state index contributed by atoms with van der Waals surface area (Å²) in [7, 11) is 0. The van der Waals surface area contributed by atoms with E-state index in [-0.39, 0.29) is 16.8 Å². The Hall–Kier alpha value is -0.880. The van der Waals surface area contributed by atoms with Crippen LogP contribution in [0.25, 0.3) is 0 Å². The Morgan fingerprint density at radius 3 is 3.29 bits per heavy atom. The lowest BCUT2D eigenvalue weighted by Gasteiger charge is -2.08. The fourth-order valence-electron chi connectivity index (χ4n) is 1.77. The summed E-state index contributed by atoms with van der Waals surface area (Å²) >= 11 is 3.22. The quantitative estimate of drug-likeness (QED) is 0.863. The second-order valence-corrected chi connectivity index (χ2v) is 5.56. The van der Waals surface area contributed by atoms with E-state index in [0.29, 0.717) is 0 Å². The molecule has 0 aromatic carbocycles. The zero-order chi connectivity index (χ0) is 12.3. The monoisotopic (exact) mass is 301 g/mol. The zero-order valence-corrected chi connectivity index (χ0v) is 11.3. The second-order valence-electron chi connectivity index (χ2n) is 4.19. The number of hydrogen-bond acceptors (Lipinski definition) is 3. The number of nitrogens with one attached hydrogen (secondary N) is 1. The van der Waals surface area contributed by atoms with E-state index in [2.05, 4.69) is 26.3 Å². The van der Waals surface area contributed by atoms with Crippen molar-refractivity contribution in [3.05, 3.63) is 12.4 Å². The van der Waals surface area contributed by atoms with Crippen LogP contribution in [0.4, 0.5) is 5.69 Å². The van der Waals surface area contributed by atoms with E-state index in [1.54, 1.807) is 13.1 Å². The summed E-state index contributed by atoms with van der Waals surface area (Å²) in [5, 5.41) is 6.98. The molecule has 17 heavy (non-hydrogen) atoms. The van der Waals surface area contributed by atoms with Gasteiger partial charge in [0.25, 0.3) is 0 Å². The van der Waals surface area contributed by atoms with Crippen molar-refractivity contribution >= 4 is 27.5 Å². The first-order chi connectivity index (χ1) is 8.15. The molecule has 1 aliphatic rings. The highest BCUT2D eigenvalue weighted by atomic mass is 79.9. The number of carbonyl (C=O) groups excluding carboxylic acids is 1. The molecular weight excluding hydrogens is 286 g/mol. The highest BCUT2D eigenvalue weighted by Crippen LogP contribution is 2.15. The minimum absolute atomic E-state index is 0.0679. The molecule has 2 unspecified atom stereocenters. The van der Waals surface area contributed by atoms with Crippen molar-refractivity contribution in [3.8, 4) is 0 Å². The predicted octanol–water partition coefficient (Wildman–Crippen LogP) is 1.78. The minimum atomic E-state index is -0.205.